The van der Waals surface area contributed by atoms with Gasteiger partial charge in [0.15, 0.2) is 0 Å². The summed E-state index contributed by atoms with van der Waals surface area (Å²) in [6.07, 6.45) is 1.25. The van der Waals surface area contributed by atoms with Crippen LogP contribution in [-0.4, -0.2) is 23.4 Å². The first kappa shape index (κ1) is 17.2. The second kappa shape index (κ2) is 6.17. The Morgan fingerprint density at radius 1 is 1.45 bits per heavy atom. The molecule has 4 heteroatoms. The van der Waals surface area contributed by atoms with Crippen molar-refractivity contribution in [1.82, 2.24) is 5.32 Å². The first-order valence-electron chi connectivity index (χ1n) is 7.98. The number of rotatable bonds is 5. The second-order valence-corrected chi connectivity index (χ2v) is 7.90. The monoisotopic (exact) mass is 309 g/mol. The largest absolute Gasteiger partial charge is 0.487 e. The third kappa shape index (κ3) is 4.43. The van der Waals surface area contributed by atoms with Gasteiger partial charge in [0.25, 0.3) is 0 Å². The van der Waals surface area contributed by atoms with Crippen molar-refractivity contribution in [3.05, 3.63) is 29.6 Å². The Kier molecular flexibility index (Phi) is 4.83. The van der Waals surface area contributed by atoms with E-state index in [2.05, 4.69) is 19.2 Å². The van der Waals surface area contributed by atoms with Crippen LogP contribution in [0.2, 0.25) is 0 Å². The molecular weight excluding hydrogens is 281 g/mol. The first-order chi connectivity index (χ1) is 10.1. The van der Waals surface area contributed by atoms with E-state index in [1.165, 1.54) is 12.1 Å². The number of aliphatic hydroxyl groups excluding tert-OH is 1. The maximum atomic E-state index is 13.5. The van der Waals surface area contributed by atoms with Gasteiger partial charge < -0.3 is 15.2 Å². The predicted molar refractivity (Wildman–Crippen MR) is 86.5 cm³/mol. The molecule has 1 aliphatic heterocycles. The van der Waals surface area contributed by atoms with Gasteiger partial charge in [-0.3, -0.25) is 0 Å². The van der Waals surface area contributed by atoms with Gasteiger partial charge in [0.05, 0.1) is 6.10 Å². The highest BCUT2D eigenvalue weighted by Gasteiger charge is 2.34. The summed E-state index contributed by atoms with van der Waals surface area (Å²) < 4.78 is 19.4. The average molecular weight is 309 g/mol. The summed E-state index contributed by atoms with van der Waals surface area (Å²) in [5, 5.41) is 13.2. The van der Waals surface area contributed by atoms with Gasteiger partial charge >= 0.3 is 0 Å². The van der Waals surface area contributed by atoms with Gasteiger partial charge in [-0.2, -0.15) is 0 Å². The molecule has 22 heavy (non-hydrogen) atoms. The zero-order chi connectivity index (χ0) is 16.5. The molecule has 0 saturated carbocycles. The Bertz CT molecular complexity index is 526. The van der Waals surface area contributed by atoms with Gasteiger partial charge in [-0.15, -0.1) is 0 Å². The van der Waals surface area contributed by atoms with E-state index < -0.39 is 0 Å². The molecule has 1 aliphatic rings. The topological polar surface area (TPSA) is 41.5 Å². The SMILES string of the molecule is CC(O)CC(C)(C)CNC1CC(C)(C)Oc2cc(F)ccc21. The van der Waals surface area contributed by atoms with E-state index in [-0.39, 0.29) is 29.0 Å². The van der Waals surface area contributed by atoms with Crippen LogP contribution in [0.15, 0.2) is 18.2 Å². The van der Waals surface area contributed by atoms with E-state index in [9.17, 15) is 9.50 Å². The average Bonchev–Trinajstić information content (AvgIpc) is 2.32. The fraction of sp³-hybridized carbons (Fsp3) is 0.667. The third-order valence-electron chi connectivity index (χ3n) is 4.11. The quantitative estimate of drug-likeness (QED) is 0.869. The maximum absolute atomic E-state index is 13.5. The van der Waals surface area contributed by atoms with E-state index in [1.54, 1.807) is 6.07 Å². The highest BCUT2D eigenvalue weighted by atomic mass is 19.1. The lowest BCUT2D eigenvalue weighted by molar-refractivity contribution is 0.0608. The highest BCUT2D eigenvalue weighted by Crippen LogP contribution is 2.40. The molecule has 124 valence electrons. The van der Waals surface area contributed by atoms with Crippen LogP contribution in [0.4, 0.5) is 4.39 Å². The fourth-order valence-corrected chi connectivity index (χ4v) is 3.28. The van der Waals surface area contributed by atoms with Gasteiger partial charge in [-0.1, -0.05) is 19.9 Å². The van der Waals surface area contributed by atoms with E-state index in [0.717, 1.165) is 24.9 Å². The minimum absolute atomic E-state index is 0.00317. The molecule has 3 nitrogen and oxygen atoms in total. The summed E-state index contributed by atoms with van der Waals surface area (Å²) in [4.78, 5) is 0. The van der Waals surface area contributed by atoms with Crippen molar-refractivity contribution in [3.63, 3.8) is 0 Å². The molecular formula is C18H28FNO2. The van der Waals surface area contributed by atoms with Gasteiger partial charge in [-0.05, 0) is 38.7 Å². The van der Waals surface area contributed by atoms with E-state index >= 15 is 0 Å². The van der Waals surface area contributed by atoms with Crippen molar-refractivity contribution in [2.75, 3.05) is 6.54 Å². The summed E-state index contributed by atoms with van der Waals surface area (Å²) >= 11 is 0. The molecule has 0 bridgehead atoms. The number of halogens is 1. The zero-order valence-corrected chi connectivity index (χ0v) is 14.2. The molecule has 0 aromatic heterocycles. The molecule has 2 rings (SSSR count). The van der Waals surface area contributed by atoms with E-state index in [1.807, 2.05) is 20.8 Å². The highest BCUT2D eigenvalue weighted by molar-refractivity contribution is 5.39. The van der Waals surface area contributed by atoms with Crippen LogP contribution < -0.4 is 10.1 Å². The number of nitrogens with one attached hydrogen (secondary N) is 1. The lowest BCUT2D eigenvalue weighted by Gasteiger charge is -2.39. The van der Waals surface area contributed by atoms with Crippen LogP contribution in [0.25, 0.3) is 0 Å². The lowest BCUT2D eigenvalue weighted by Crippen LogP contribution is -2.42. The maximum Gasteiger partial charge on any atom is 0.127 e. The Labute approximate surface area is 132 Å². The van der Waals surface area contributed by atoms with Crippen LogP contribution in [0.1, 0.15) is 59.1 Å². The van der Waals surface area contributed by atoms with Crippen LogP contribution in [-0.2, 0) is 0 Å². The first-order valence-corrected chi connectivity index (χ1v) is 7.98. The fourth-order valence-electron chi connectivity index (χ4n) is 3.28. The van der Waals surface area contributed by atoms with Gasteiger partial charge in [0.2, 0.25) is 0 Å². The van der Waals surface area contributed by atoms with Crippen LogP contribution in [0.5, 0.6) is 5.75 Å². The number of hydrogen-bond acceptors (Lipinski definition) is 3. The Hall–Kier alpha value is -1.13. The van der Waals surface area contributed by atoms with Crippen molar-refractivity contribution >= 4 is 0 Å². The molecule has 0 radical (unpaired) electrons. The van der Waals surface area contributed by atoms with Gasteiger partial charge in [0, 0.05) is 30.6 Å². The standard InChI is InChI=1S/C18H28FNO2/c1-12(21)9-17(2,3)11-20-15-10-18(4,5)22-16-8-13(19)6-7-14(15)16/h6-8,12,15,20-21H,9-11H2,1-5H3. The molecule has 1 aromatic carbocycles. The van der Waals surface area contributed by atoms with Crippen molar-refractivity contribution < 1.29 is 14.2 Å². The van der Waals surface area contributed by atoms with Crippen molar-refractivity contribution in [3.8, 4) is 5.75 Å². The summed E-state index contributed by atoms with van der Waals surface area (Å²) in [7, 11) is 0. The van der Waals surface area contributed by atoms with Crippen molar-refractivity contribution in [2.45, 2.75) is 65.2 Å². The van der Waals surface area contributed by atoms with Gasteiger partial charge in [-0.25, -0.2) is 4.39 Å². The molecule has 0 spiro atoms. The van der Waals surface area contributed by atoms with Crippen LogP contribution in [0.3, 0.4) is 0 Å². The Morgan fingerprint density at radius 2 is 2.14 bits per heavy atom. The predicted octanol–water partition coefficient (Wildman–Crippen LogP) is 3.81. The van der Waals surface area contributed by atoms with Crippen LogP contribution >= 0.6 is 0 Å². The third-order valence-corrected chi connectivity index (χ3v) is 4.11. The smallest absolute Gasteiger partial charge is 0.127 e. The molecule has 2 N–H and O–H groups in total. The zero-order valence-electron chi connectivity index (χ0n) is 14.2. The van der Waals surface area contributed by atoms with E-state index in [0.29, 0.717) is 5.75 Å². The van der Waals surface area contributed by atoms with E-state index in [4.69, 9.17) is 4.74 Å². The van der Waals surface area contributed by atoms with Crippen molar-refractivity contribution in [2.24, 2.45) is 5.41 Å². The summed E-state index contributed by atoms with van der Waals surface area (Å²) in [6.45, 7) is 10.9. The number of fused-ring (bicyclic) bond motifs is 1. The minimum Gasteiger partial charge on any atom is -0.487 e. The minimum atomic E-state index is -0.327. The van der Waals surface area contributed by atoms with Crippen molar-refractivity contribution in [1.29, 1.82) is 0 Å². The summed E-state index contributed by atoms with van der Waals surface area (Å²) in [5.41, 5.74) is 0.678. The lowest BCUT2D eigenvalue weighted by atomic mass is 9.85. The Morgan fingerprint density at radius 3 is 2.77 bits per heavy atom. The number of hydrogen-bond donors (Lipinski definition) is 2. The molecule has 0 aliphatic carbocycles. The second-order valence-electron chi connectivity index (χ2n) is 7.90. The molecule has 1 aromatic rings. The van der Waals surface area contributed by atoms with Crippen LogP contribution in [0, 0.1) is 11.2 Å². The molecule has 1 heterocycles. The number of ether oxygens (including phenoxy) is 1. The van der Waals surface area contributed by atoms with Gasteiger partial charge in [0.1, 0.15) is 17.2 Å². The number of aliphatic hydroxyl groups is 1. The molecule has 0 saturated heterocycles. The molecule has 2 unspecified atom stereocenters. The molecule has 0 amide bonds. The normalized spacial score (nSPS) is 21.9. The Balaban J connectivity index is 2.14. The number of benzene rings is 1. The summed E-state index contributed by atoms with van der Waals surface area (Å²) in [5.74, 6) is 0.353. The molecule has 0 fully saturated rings. The summed E-state index contributed by atoms with van der Waals surface area (Å²) in [6, 6.07) is 4.88. The molecule has 2 atom stereocenters.